The van der Waals surface area contributed by atoms with E-state index >= 15 is 0 Å². The van der Waals surface area contributed by atoms with Crippen molar-refractivity contribution in [2.75, 3.05) is 0 Å². The highest BCUT2D eigenvalue weighted by atomic mass is 16.5. The van der Waals surface area contributed by atoms with Crippen molar-refractivity contribution < 1.29 is 19.1 Å². The number of esters is 2. The Bertz CT molecular complexity index is 802. The molecule has 0 aromatic heterocycles. The Kier molecular flexibility index (Phi) is 5.78. The van der Waals surface area contributed by atoms with Crippen LogP contribution in [-0.4, -0.2) is 11.9 Å². The van der Waals surface area contributed by atoms with E-state index in [1.165, 1.54) is 0 Å². The average molecular weight is 346 g/mol. The fraction of sp³-hybridized carbons (Fsp3) is 0.0909. The normalized spacial score (nSPS) is 10.2. The van der Waals surface area contributed by atoms with E-state index in [0.717, 1.165) is 11.1 Å². The van der Waals surface area contributed by atoms with Crippen LogP contribution in [0.15, 0.2) is 84.9 Å². The molecule has 130 valence electrons. The summed E-state index contributed by atoms with van der Waals surface area (Å²) in [6.07, 6.45) is 0. The highest BCUT2D eigenvalue weighted by Gasteiger charge is 2.08. The van der Waals surface area contributed by atoms with Crippen molar-refractivity contribution in [1.82, 2.24) is 0 Å². The minimum Gasteiger partial charge on any atom is -0.457 e. The Morgan fingerprint density at radius 3 is 1.42 bits per heavy atom. The number of benzene rings is 3. The lowest BCUT2D eigenvalue weighted by molar-refractivity contribution is 0.0471. The first kappa shape index (κ1) is 17.4. The molecule has 0 aliphatic rings. The third-order valence-corrected chi connectivity index (χ3v) is 3.75. The van der Waals surface area contributed by atoms with Crippen molar-refractivity contribution in [3.8, 4) is 0 Å². The van der Waals surface area contributed by atoms with E-state index in [1.807, 2.05) is 36.4 Å². The van der Waals surface area contributed by atoms with Gasteiger partial charge in [-0.05, 0) is 41.5 Å². The summed E-state index contributed by atoms with van der Waals surface area (Å²) in [5.74, 6) is -0.738. The minimum absolute atomic E-state index is 0.161. The molecule has 0 atom stereocenters. The summed E-state index contributed by atoms with van der Waals surface area (Å²) >= 11 is 0. The van der Waals surface area contributed by atoms with Crippen molar-refractivity contribution in [3.05, 3.63) is 107 Å². The Balaban J connectivity index is 1.55. The summed E-state index contributed by atoms with van der Waals surface area (Å²) < 4.78 is 10.6. The molecule has 3 aromatic rings. The van der Waals surface area contributed by atoms with E-state index in [9.17, 15) is 9.59 Å². The average Bonchev–Trinajstić information content (AvgIpc) is 2.72. The zero-order chi connectivity index (χ0) is 18.2. The molecule has 0 fully saturated rings. The van der Waals surface area contributed by atoms with Gasteiger partial charge in [0.15, 0.2) is 0 Å². The maximum absolute atomic E-state index is 12.0. The third-order valence-electron chi connectivity index (χ3n) is 3.75. The Labute approximate surface area is 152 Å². The van der Waals surface area contributed by atoms with E-state index in [2.05, 4.69) is 0 Å². The predicted octanol–water partition coefficient (Wildman–Crippen LogP) is 4.40. The van der Waals surface area contributed by atoms with Crippen LogP contribution < -0.4 is 0 Å². The lowest BCUT2D eigenvalue weighted by Gasteiger charge is -2.08. The van der Waals surface area contributed by atoms with Gasteiger partial charge in [0, 0.05) is 0 Å². The van der Waals surface area contributed by atoms with Gasteiger partial charge in [0.1, 0.15) is 13.2 Å². The van der Waals surface area contributed by atoms with Gasteiger partial charge in [0.25, 0.3) is 0 Å². The summed E-state index contributed by atoms with van der Waals surface area (Å²) in [7, 11) is 0. The second-order valence-corrected chi connectivity index (χ2v) is 5.70. The van der Waals surface area contributed by atoms with Gasteiger partial charge in [-0.3, -0.25) is 0 Å². The first-order valence-electron chi connectivity index (χ1n) is 8.24. The van der Waals surface area contributed by atoms with Crippen LogP contribution in [0.3, 0.4) is 0 Å². The van der Waals surface area contributed by atoms with Crippen molar-refractivity contribution in [3.63, 3.8) is 0 Å². The highest BCUT2D eigenvalue weighted by Crippen LogP contribution is 2.11. The van der Waals surface area contributed by atoms with Crippen molar-refractivity contribution in [2.24, 2.45) is 0 Å². The lowest BCUT2D eigenvalue weighted by atomic mass is 10.1. The monoisotopic (exact) mass is 346 g/mol. The van der Waals surface area contributed by atoms with E-state index in [0.29, 0.717) is 11.1 Å². The summed E-state index contributed by atoms with van der Waals surface area (Å²) in [5, 5.41) is 0. The second-order valence-electron chi connectivity index (χ2n) is 5.70. The molecule has 4 heteroatoms. The first-order valence-corrected chi connectivity index (χ1v) is 8.24. The van der Waals surface area contributed by atoms with Crippen molar-refractivity contribution >= 4 is 11.9 Å². The Morgan fingerprint density at radius 2 is 1.00 bits per heavy atom. The zero-order valence-corrected chi connectivity index (χ0v) is 14.1. The van der Waals surface area contributed by atoms with Gasteiger partial charge in [-0.15, -0.1) is 0 Å². The quantitative estimate of drug-likeness (QED) is 0.621. The molecule has 0 saturated carbocycles. The molecule has 0 unspecified atom stereocenters. The molecule has 0 aliphatic carbocycles. The fourth-order valence-electron chi connectivity index (χ4n) is 2.42. The second kappa shape index (κ2) is 8.62. The van der Waals surface area contributed by atoms with Crippen LogP contribution in [-0.2, 0) is 22.7 Å². The molecule has 4 nitrogen and oxygen atoms in total. The van der Waals surface area contributed by atoms with E-state index in [-0.39, 0.29) is 25.2 Å². The van der Waals surface area contributed by atoms with Crippen LogP contribution in [0.2, 0.25) is 0 Å². The zero-order valence-electron chi connectivity index (χ0n) is 14.1. The maximum atomic E-state index is 12.0. The summed E-state index contributed by atoms with van der Waals surface area (Å²) in [6.45, 7) is 0.322. The van der Waals surface area contributed by atoms with Crippen molar-refractivity contribution in [2.45, 2.75) is 13.2 Å². The predicted molar refractivity (Wildman–Crippen MR) is 97.6 cm³/mol. The SMILES string of the molecule is O=C(OCc1cccc(COC(=O)c2ccccc2)c1)c1ccccc1. The van der Waals surface area contributed by atoms with Crippen molar-refractivity contribution in [1.29, 1.82) is 0 Å². The fourth-order valence-corrected chi connectivity index (χ4v) is 2.42. The topological polar surface area (TPSA) is 52.6 Å². The first-order chi connectivity index (χ1) is 12.7. The van der Waals surface area contributed by atoms with E-state index < -0.39 is 0 Å². The van der Waals surface area contributed by atoms with Crippen LogP contribution in [0, 0.1) is 0 Å². The molecule has 0 aliphatic heterocycles. The molecule has 0 spiro atoms. The number of carbonyl (C=O) groups is 2. The van der Waals surface area contributed by atoms with Gasteiger partial charge in [-0.1, -0.05) is 54.6 Å². The molecular formula is C22H18O4. The number of rotatable bonds is 6. The van der Waals surface area contributed by atoms with Gasteiger partial charge >= 0.3 is 11.9 Å². The molecule has 0 N–H and O–H groups in total. The van der Waals surface area contributed by atoms with Crippen LogP contribution in [0.5, 0.6) is 0 Å². The number of carbonyl (C=O) groups excluding carboxylic acids is 2. The van der Waals surface area contributed by atoms with Gasteiger partial charge in [-0.25, -0.2) is 9.59 Å². The molecule has 26 heavy (non-hydrogen) atoms. The highest BCUT2D eigenvalue weighted by molar-refractivity contribution is 5.89. The van der Waals surface area contributed by atoms with E-state index in [4.69, 9.17) is 9.47 Å². The Hall–Kier alpha value is -3.40. The van der Waals surface area contributed by atoms with Gasteiger partial charge < -0.3 is 9.47 Å². The summed E-state index contributed by atoms with van der Waals surface area (Å²) in [4.78, 5) is 24.0. The van der Waals surface area contributed by atoms with Gasteiger partial charge in [0.2, 0.25) is 0 Å². The molecule has 3 rings (SSSR count). The van der Waals surface area contributed by atoms with E-state index in [1.54, 1.807) is 48.5 Å². The summed E-state index contributed by atoms with van der Waals surface area (Å²) in [6, 6.07) is 25.1. The Morgan fingerprint density at radius 1 is 0.577 bits per heavy atom. The molecule has 0 saturated heterocycles. The molecular weight excluding hydrogens is 328 g/mol. The number of hydrogen-bond donors (Lipinski definition) is 0. The minimum atomic E-state index is -0.369. The molecule has 3 aromatic carbocycles. The van der Waals surface area contributed by atoms with Crippen LogP contribution >= 0.6 is 0 Å². The largest absolute Gasteiger partial charge is 0.457 e. The molecule has 0 amide bonds. The maximum Gasteiger partial charge on any atom is 0.338 e. The third kappa shape index (κ3) is 4.80. The number of hydrogen-bond acceptors (Lipinski definition) is 4. The summed E-state index contributed by atoms with van der Waals surface area (Å²) in [5.41, 5.74) is 2.70. The van der Waals surface area contributed by atoms with Crippen LogP contribution in [0.4, 0.5) is 0 Å². The van der Waals surface area contributed by atoms with Gasteiger partial charge in [-0.2, -0.15) is 0 Å². The van der Waals surface area contributed by atoms with Crippen LogP contribution in [0.1, 0.15) is 31.8 Å². The smallest absolute Gasteiger partial charge is 0.338 e. The standard InChI is InChI=1S/C22H18O4/c23-21(19-10-3-1-4-11-19)25-15-17-8-7-9-18(14-17)16-26-22(24)20-12-5-2-6-13-20/h1-14H,15-16H2. The molecule has 0 bridgehead atoms. The lowest BCUT2D eigenvalue weighted by Crippen LogP contribution is -2.06. The van der Waals surface area contributed by atoms with Crippen LogP contribution in [0.25, 0.3) is 0 Å². The van der Waals surface area contributed by atoms with Gasteiger partial charge in [0.05, 0.1) is 11.1 Å². The molecule has 0 radical (unpaired) electrons. The molecule has 0 heterocycles. The number of ether oxygens (including phenoxy) is 2.